The molecule has 1 aromatic heterocycles. The summed E-state index contributed by atoms with van der Waals surface area (Å²) >= 11 is 0. The summed E-state index contributed by atoms with van der Waals surface area (Å²) in [6, 6.07) is 0. The average Bonchev–Trinajstić information content (AvgIpc) is 2.42. The third kappa shape index (κ3) is 2.70. The Hall–Kier alpha value is -1.10. The standard InChI is InChI=1S/C9H18N4O/c1-9(2,3)14-6-7-11-12-8(10-4)13(7)5/h6H2,1-5H3,(H,10,12). The van der Waals surface area contributed by atoms with Crippen LogP contribution in [0.4, 0.5) is 5.95 Å². The zero-order valence-electron chi connectivity index (χ0n) is 9.46. The second-order valence-corrected chi connectivity index (χ2v) is 4.15. The zero-order chi connectivity index (χ0) is 10.8. The fourth-order valence-electron chi connectivity index (χ4n) is 0.986. The molecule has 5 nitrogen and oxygen atoms in total. The lowest BCUT2D eigenvalue weighted by molar-refractivity contribution is -0.0190. The van der Waals surface area contributed by atoms with E-state index in [4.69, 9.17) is 4.74 Å². The van der Waals surface area contributed by atoms with Crippen LogP contribution in [-0.4, -0.2) is 27.4 Å². The van der Waals surface area contributed by atoms with Crippen LogP contribution in [0.2, 0.25) is 0 Å². The first-order valence-corrected chi connectivity index (χ1v) is 4.64. The Labute approximate surface area is 84.5 Å². The van der Waals surface area contributed by atoms with Crippen LogP contribution < -0.4 is 5.32 Å². The molecule has 1 aromatic rings. The highest BCUT2D eigenvalue weighted by Gasteiger charge is 2.13. The van der Waals surface area contributed by atoms with Crippen molar-refractivity contribution >= 4 is 5.95 Å². The van der Waals surface area contributed by atoms with Gasteiger partial charge in [0, 0.05) is 14.1 Å². The van der Waals surface area contributed by atoms with Gasteiger partial charge >= 0.3 is 0 Å². The van der Waals surface area contributed by atoms with E-state index in [0.29, 0.717) is 6.61 Å². The Morgan fingerprint density at radius 2 is 2.00 bits per heavy atom. The molecule has 0 saturated heterocycles. The summed E-state index contributed by atoms with van der Waals surface area (Å²) in [4.78, 5) is 0. The summed E-state index contributed by atoms with van der Waals surface area (Å²) in [5, 5.41) is 10.9. The van der Waals surface area contributed by atoms with E-state index in [1.54, 1.807) is 0 Å². The van der Waals surface area contributed by atoms with Gasteiger partial charge in [-0.25, -0.2) is 0 Å². The highest BCUT2D eigenvalue weighted by molar-refractivity contribution is 5.23. The van der Waals surface area contributed by atoms with Crippen molar-refractivity contribution in [1.29, 1.82) is 0 Å². The van der Waals surface area contributed by atoms with E-state index in [9.17, 15) is 0 Å². The first-order chi connectivity index (χ1) is 6.44. The Kier molecular flexibility index (Phi) is 3.10. The van der Waals surface area contributed by atoms with Crippen molar-refractivity contribution in [3.63, 3.8) is 0 Å². The van der Waals surface area contributed by atoms with Gasteiger partial charge in [-0.05, 0) is 20.8 Å². The van der Waals surface area contributed by atoms with Crippen LogP contribution in [0.3, 0.4) is 0 Å². The fourth-order valence-corrected chi connectivity index (χ4v) is 0.986. The van der Waals surface area contributed by atoms with Crippen molar-refractivity contribution in [3.8, 4) is 0 Å². The van der Waals surface area contributed by atoms with Crippen LogP contribution in [0.25, 0.3) is 0 Å². The van der Waals surface area contributed by atoms with Crippen molar-refractivity contribution < 1.29 is 4.74 Å². The highest BCUT2D eigenvalue weighted by atomic mass is 16.5. The van der Waals surface area contributed by atoms with Crippen LogP contribution >= 0.6 is 0 Å². The van der Waals surface area contributed by atoms with Gasteiger partial charge in [-0.3, -0.25) is 4.57 Å². The summed E-state index contributed by atoms with van der Waals surface area (Å²) in [6.45, 7) is 6.53. The molecule has 1 rings (SSSR count). The lowest BCUT2D eigenvalue weighted by atomic mass is 10.2. The molecular weight excluding hydrogens is 180 g/mol. The van der Waals surface area contributed by atoms with E-state index < -0.39 is 0 Å². The molecular formula is C9H18N4O. The molecule has 0 aliphatic carbocycles. The smallest absolute Gasteiger partial charge is 0.224 e. The second kappa shape index (κ2) is 3.96. The van der Waals surface area contributed by atoms with Gasteiger partial charge in [0.25, 0.3) is 0 Å². The van der Waals surface area contributed by atoms with Gasteiger partial charge in [0.1, 0.15) is 6.61 Å². The Balaban J connectivity index is 2.64. The SMILES string of the molecule is CNc1nnc(COC(C)(C)C)n1C. The normalized spacial score (nSPS) is 11.8. The summed E-state index contributed by atoms with van der Waals surface area (Å²) in [5.41, 5.74) is -0.147. The van der Waals surface area contributed by atoms with Crippen LogP contribution in [0.5, 0.6) is 0 Å². The van der Waals surface area contributed by atoms with Crippen molar-refractivity contribution in [2.75, 3.05) is 12.4 Å². The number of rotatable bonds is 3. The molecule has 0 radical (unpaired) electrons. The second-order valence-electron chi connectivity index (χ2n) is 4.15. The maximum atomic E-state index is 5.60. The van der Waals surface area contributed by atoms with Gasteiger partial charge in [-0.1, -0.05) is 0 Å². The minimum absolute atomic E-state index is 0.147. The number of hydrogen-bond donors (Lipinski definition) is 1. The summed E-state index contributed by atoms with van der Waals surface area (Å²) in [7, 11) is 3.73. The summed E-state index contributed by atoms with van der Waals surface area (Å²) < 4.78 is 7.48. The molecule has 1 N–H and O–H groups in total. The fraction of sp³-hybridized carbons (Fsp3) is 0.778. The van der Waals surface area contributed by atoms with E-state index in [1.807, 2.05) is 39.4 Å². The summed E-state index contributed by atoms with van der Waals surface area (Å²) in [6.07, 6.45) is 0. The van der Waals surface area contributed by atoms with E-state index in [1.165, 1.54) is 0 Å². The molecule has 0 spiro atoms. The third-order valence-corrected chi connectivity index (χ3v) is 1.82. The maximum Gasteiger partial charge on any atom is 0.224 e. The molecule has 0 bridgehead atoms. The van der Waals surface area contributed by atoms with Crippen LogP contribution in [0.15, 0.2) is 0 Å². The number of anilines is 1. The van der Waals surface area contributed by atoms with Crippen LogP contribution in [0, 0.1) is 0 Å². The first kappa shape index (κ1) is 11.0. The molecule has 0 aliphatic heterocycles. The molecule has 0 saturated carbocycles. The largest absolute Gasteiger partial charge is 0.368 e. The average molecular weight is 198 g/mol. The lowest BCUT2D eigenvalue weighted by Gasteiger charge is -2.18. The molecule has 0 fully saturated rings. The molecule has 5 heteroatoms. The summed E-state index contributed by atoms with van der Waals surface area (Å²) in [5.74, 6) is 1.57. The van der Waals surface area contributed by atoms with Crippen molar-refractivity contribution in [2.45, 2.75) is 33.0 Å². The molecule has 0 aromatic carbocycles. The number of aromatic nitrogens is 3. The number of nitrogens with one attached hydrogen (secondary N) is 1. The van der Waals surface area contributed by atoms with Crippen molar-refractivity contribution in [3.05, 3.63) is 5.82 Å². The van der Waals surface area contributed by atoms with Gasteiger partial charge in [-0.15, -0.1) is 10.2 Å². The minimum Gasteiger partial charge on any atom is -0.368 e. The Bertz CT molecular complexity index is 300. The monoisotopic (exact) mass is 198 g/mol. The third-order valence-electron chi connectivity index (χ3n) is 1.82. The first-order valence-electron chi connectivity index (χ1n) is 4.64. The van der Waals surface area contributed by atoms with E-state index in [-0.39, 0.29) is 5.60 Å². The molecule has 0 amide bonds. The maximum absolute atomic E-state index is 5.60. The van der Waals surface area contributed by atoms with Crippen LogP contribution in [-0.2, 0) is 18.4 Å². The minimum atomic E-state index is -0.147. The van der Waals surface area contributed by atoms with Crippen molar-refractivity contribution in [1.82, 2.24) is 14.8 Å². The Morgan fingerprint density at radius 1 is 1.36 bits per heavy atom. The van der Waals surface area contributed by atoms with Gasteiger partial charge in [0.15, 0.2) is 5.82 Å². The van der Waals surface area contributed by atoms with Gasteiger partial charge in [0.2, 0.25) is 5.95 Å². The highest BCUT2D eigenvalue weighted by Crippen LogP contribution is 2.11. The number of hydrogen-bond acceptors (Lipinski definition) is 4. The number of nitrogens with zero attached hydrogens (tertiary/aromatic N) is 3. The van der Waals surface area contributed by atoms with E-state index in [0.717, 1.165) is 11.8 Å². The van der Waals surface area contributed by atoms with Crippen LogP contribution in [0.1, 0.15) is 26.6 Å². The molecule has 80 valence electrons. The number of ether oxygens (including phenoxy) is 1. The molecule has 0 aliphatic rings. The van der Waals surface area contributed by atoms with Gasteiger partial charge in [0.05, 0.1) is 5.60 Å². The van der Waals surface area contributed by atoms with Crippen molar-refractivity contribution in [2.24, 2.45) is 7.05 Å². The predicted molar refractivity (Wildman–Crippen MR) is 55.1 cm³/mol. The Morgan fingerprint density at radius 3 is 2.43 bits per heavy atom. The quantitative estimate of drug-likeness (QED) is 0.792. The molecule has 1 heterocycles. The molecule has 0 unspecified atom stereocenters. The topological polar surface area (TPSA) is 52.0 Å². The zero-order valence-corrected chi connectivity index (χ0v) is 9.46. The van der Waals surface area contributed by atoms with Gasteiger partial charge in [-0.2, -0.15) is 0 Å². The van der Waals surface area contributed by atoms with E-state index >= 15 is 0 Å². The van der Waals surface area contributed by atoms with E-state index in [2.05, 4.69) is 15.5 Å². The molecule has 14 heavy (non-hydrogen) atoms. The molecule has 0 atom stereocenters. The lowest BCUT2D eigenvalue weighted by Crippen LogP contribution is -2.20. The predicted octanol–water partition coefficient (Wildman–Crippen LogP) is 1.17. The van der Waals surface area contributed by atoms with Gasteiger partial charge < -0.3 is 10.1 Å².